The van der Waals surface area contributed by atoms with Crippen molar-refractivity contribution < 1.29 is 19.4 Å². The van der Waals surface area contributed by atoms with Crippen molar-refractivity contribution in [2.45, 2.75) is 45.1 Å². The highest BCUT2D eigenvalue weighted by Gasteiger charge is 2.22. The van der Waals surface area contributed by atoms with E-state index >= 15 is 0 Å². The summed E-state index contributed by atoms with van der Waals surface area (Å²) in [4.78, 5) is 23.4. The molecule has 0 saturated heterocycles. The van der Waals surface area contributed by atoms with Crippen LogP contribution in [0.4, 0.5) is 5.69 Å². The molecule has 1 aliphatic heterocycles. The number of ether oxygens (including phenoxy) is 1. The number of aryl methyl sites for hydroxylation is 1. The molecular weight excluding hydrogens is 382 g/mol. The average Bonchev–Trinajstić information content (AvgIpc) is 2.73. The minimum absolute atomic E-state index is 0.00651. The number of nitrogens with one attached hydrogen (secondary N) is 2. The molecule has 1 amide bonds. The number of amides is 1. The maximum atomic E-state index is 12.5. The zero-order chi connectivity index (χ0) is 21.3. The SMILES string of the molecule is CCCCNN=Cc1ccc(C(=O)Nc2ccc3c(c2)CCC(CC(=O)O)O3)cc1. The van der Waals surface area contributed by atoms with Gasteiger partial charge in [-0.15, -0.1) is 0 Å². The lowest BCUT2D eigenvalue weighted by atomic mass is 10.00. The van der Waals surface area contributed by atoms with Crippen LogP contribution < -0.4 is 15.5 Å². The number of anilines is 1. The van der Waals surface area contributed by atoms with E-state index in [1.807, 2.05) is 18.2 Å². The normalized spacial score (nSPS) is 15.3. The van der Waals surface area contributed by atoms with Gasteiger partial charge in [-0.25, -0.2) is 0 Å². The van der Waals surface area contributed by atoms with Gasteiger partial charge in [0.2, 0.25) is 0 Å². The van der Waals surface area contributed by atoms with Gasteiger partial charge in [-0.05, 0) is 60.7 Å². The van der Waals surface area contributed by atoms with Crippen LogP contribution in [0.2, 0.25) is 0 Å². The molecule has 1 atom stereocenters. The van der Waals surface area contributed by atoms with Gasteiger partial charge in [0.25, 0.3) is 5.91 Å². The Labute approximate surface area is 176 Å². The zero-order valence-corrected chi connectivity index (χ0v) is 17.1. The van der Waals surface area contributed by atoms with Crippen molar-refractivity contribution in [1.82, 2.24) is 5.43 Å². The first-order valence-corrected chi connectivity index (χ1v) is 10.2. The molecule has 158 valence electrons. The Kier molecular flexibility index (Phi) is 7.43. The van der Waals surface area contributed by atoms with E-state index in [2.05, 4.69) is 22.8 Å². The van der Waals surface area contributed by atoms with E-state index in [-0.39, 0.29) is 18.4 Å². The van der Waals surface area contributed by atoms with Crippen LogP contribution in [0.1, 0.15) is 54.1 Å². The molecule has 0 bridgehead atoms. The van der Waals surface area contributed by atoms with E-state index in [0.29, 0.717) is 23.4 Å². The smallest absolute Gasteiger partial charge is 0.307 e. The third kappa shape index (κ3) is 6.07. The van der Waals surface area contributed by atoms with Crippen LogP contribution in [0.5, 0.6) is 5.75 Å². The van der Waals surface area contributed by atoms with Crippen molar-refractivity contribution in [2.75, 3.05) is 11.9 Å². The number of hydrazone groups is 1. The van der Waals surface area contributed by atoms with Crippen LogP contribution in [-0.4, -0.2) is 35.8 Å². The van der Waals surface area contributed by atoms with Crippen molar-refractivity contribution in [3.05, 3.63) is 59.2 Å². The molecule has 3 N–H and O–H groups in total. The number of aliphatic carboxylic acids is 1. The first kappa shape index (κ1) is 21.4. The van der Waals surface area contributed by atoms with Crippen molar-refractivity contribution in [1.29, 1.82) is 0 Å². The minimum atomic E-state index is -0.864. The third-order valence-electron chi connectivity index (χ3n) is 4.87. The second-order valence-electron chi connectivity index (χ2n) is 7.29. The highest BCUT2D eigenvalue weighted by molar-refractivity contribution is 6.04. The number of carboxylic acid groups (broad SMARTS) is 1. The van der Waals surface area contributed by atoms with Crippen molar-refractivity contribution >= 4 is 23.8 Å². The van der Waals surface area contributed by atoms with Gasteiger partial charge in [0.15, 0.2) is 0 Å². The number of rotatable bonds is 9. The van der Waals surface area contributed by atoms with Crippen molar-refractivity contribution in [3.63, 3.8) is 0 Å². The van der Waals surface area contributed by atoms with E-state index in [1.54, 1.807) is 30.5 Å². The number of benzene rings is 2. The Hall–Kier alpha value is -3.35. The van der Waals surface area contributed by atoms with E-state index in [4.69, 9.17) is 9.84 Å². The standard InChI is InChI=1S/C23H27N3O4/c1-2-3-12-24-25-15-16-4-6-17(7-5-16)23(29)26-19-9-11-21-18(13-19)8-10-20(30-21)14-22(27)28/h4-7,9,11,13,15,20,24H,2-3,8,10,12,14H2,1H3,(H,26,29)(H,27,28). The Morgan fingerprint density at radius 3 is 2.77 bits per heavy atom. The van der Waals surface area contributed by atoms with E-state index in [0.717, 1.165) is 36.9 Å². The van der Waals surface area contributed by atoms with E-state index in [1.165, 1.54) is 0 Å². The average molecular weight is 409 g/mol. The Balaban J connectivity index is 1.56. The van der Waals surface area contributed by atoms with Gasteiger partial charge in [-0.3, -0.25) is 9.59 Å². The number of unbranched alkanes of at least 4 members (excludes halogenated alkanes) is 1. The lowest BCUT2D eigenvalue weighted by molar-refractivity contribution is -0.139. The predicted molar refractivity (Wildman–Crippen MR) is 116 cm³/mol. The summed E-state index contributed by atoms with van der Waals surface area (Å²) in [5.74, 6) is -0.376. The van der Waals surface area contributed by atoms with Gasteiger partial charge in [0.05, 0.1) is 12.6 Å². The van der Waals surface area contributed by atoms with Crippen LogP contribution in [-0.2, 0) is 11.2 Å². The van der Waals surface area contributed by atoms with Gasteiger partial charge in [0.1, 0.15) is 11.9 Å². The van der Waals surface area contributed by atoms with Crippen molar-refractivity contribution in [2.24, 2.45) is 5.10 Å². The van der Waals surface area contributed by atoms with Gasteiger partial charge in [-0.2, -0.15) is 5.10 Å². The Bertz CT molecular complexity index is 909. The molecule has 1 unspecified atom stereocenters. The molecule has 1 heterocycles. The lowest BCUT2D eigenvalue weighted by Gasteiger charge is -2.25. The molecular formula is C23H27N3O4. The zero-order valence-electron chi connectivity index (χ0n) is 17.1. The largest absolute Gasteiger partial charge is 0.490 e. The van der Waals surface area contributed by atoms with E-state index in [9.17, 15) is 9.59 Å². The number of nitrogens with zero attached hydrogens (tertiary/aromatic N) is 1. The fraction of sp³-hybridized carbons (Fsp3) is 0.348. The minimum Gasteiger partial charge on any atom is -0.490 e. The molecule has 0 saturated carbocycles. The number of carboxylic acids is 1. The second-order valence-corrected chi connectivity index (χ2v) is 7.29. The molecule has 2 aromatic rings. The number of hydrogen-bond acceptors (Lipinski definition) is 5. The summed E-state index contributed by atoms with van der Waals surface area (Å²) in [6, 6.07) is 12.7. The molecule has 1 aliphatic rings. The molecule has 3 rings (SSSR count). The summed E-state index contributed by atoms with van der Waals surface area (Å²) in [6.07, 6.45) is 4.98. The van der Waals surface area contributed by atoms with Crippen LogP contribution in [0, 0.1) is 0 Å². The molecule has 7 heteroatoms. The van der Waals surface area contributed by atoms with E-state index < -0.39 is 5.97 Å². The topological polar surface area (TPSA) is 100 Å². The Morgan fingerprint density at radius 1 is 1.23 bits per heavy atom. The summed E-state index contributed by atoms with van der Waals surface area (Å²) >= 11 is 0. The summed E-state index contributed by atoms with van der Waals surface area (Å²) in [7, 11) is 0. The molecule has 30 heavy (non-hydrogen) atoms. The molecule has 0 fully saturated rings. The molecule has 0 spiro atoms. The molecule has 7 nitrogen and oxygen atoms in total. The van der Waals surface area contributed by atoms with Gasteiger partial charge >= 0.3 is 5.97 Å². The van der Waals surface area contributed by atoms with Gasteiger partial charge in [-0.1, -0.05) is 25.5 Å². The first-order valence-electron chi connectivity index (χ1n) is 10.2. The predicted octanol–water partition coefficient (Wildman–Crippen LogP) is 3.83. The quantitative estimate of drug-likeness (QED) is 0.332. The van der Waals surface area contributed by atoms with Crippen LogP contribution in [0.15, 0.2) is 47.6 Å². The van der Waals surface area contributed by atoms with Crippen LogP contribution in [0.25, 0.3) is 0 Å². The maximum absolute atomic E-state index is 12.5. The molecule has 2 aromatic carbocycles. The molecule has 0 aromatic heterocycles. The highest BCUT2D eigenvalue weighted by Crippen LogP contribution is 2.31. The first-order chi connectivity index (χ1) is 14.5. The molecule has 0 radical (unpaired) electrons. The van der Waals surface area contributed by atoms with Crippen molar-refractivity contribution in [3.8, 4) is 5.75 Å². The monoisotopic (exact) mass is 409 g/mol. The second kappa shape index (κ2) is 10.4. The number of hydrogen-bond donors (Lipinski definition) is 3. The Morgan fingerprint density at radius 2 is 2.03 bits per heavy atom. The summed E-state index contributed by atoms with van der Waals surface area (Å²) < 4.78 is 5.74. The third-order valence-corrected chi connectivity index (χ3v) is 4.87. The molecule has 0 aliphatic carbocycles. The summed E-state index contributed by atoms with van der Waals surface area (Å²) in [5.41, 5.74) is 6.12. The number of carbonyl (C=O) groups is 2. The number of carbonyl (C=O) groups excluding carboxylic acids is 1. The summed E-state index contributed by atoms with van der Waals surface area (Å²) in [5, 5.41) is 16.0. The summed E-state index contributed by atoms with van der Waals surface area (Å²) in [6.45, 7) is 2.98. The highest BCUT2D eigenvalue weighted by atomic mass is 16.5. The van der Waals surface area contributed by atoms with Gasteiger partial charge in [0, 0.05) is 17.8 Å². The fourth-order valence-electron chi connectivity index (χ4n) is 3.23. The maximum Gasteiger partial charge on any atom is 0.307 e. The fourth-order valence-corrected chi connectivity index (χ4v) is 3.23. The number of fused-ring (bicyclic) bond motifs is 1. The lowest BCUT2D eigenvalue weighted by Crippen LogP contribution is -2.25. The van der Waals surface area contributed by atoms with Gasteiger partial charge < -0.3 is 20.6 Å². The van der Waals surface area contributed by atoms with Crippen LogP contribution >= 0.6 is 0 Å². The van der Waals surface area contributed by atoms with Crippen LogP contribution in [0.3, 0.4) is 0 Å².